The molecule has 1 unspecified atom stereocenters. The van der Waals surface area contributed by atoms with Gasteiger partial charge in [0.05, 0.1) is 0 Å². The molecule has 0 spiro atoms. The number of primary amides is 1. The summed E-state index contributed by atoms with van der Waals surface area (Å²) in [6, 6.07) is 10.6. The first-order valence-electron chi connectivity index (χ1n) is 10.0. The van der Waals surface area contributed by atoms with Crippen LogP contribution >= 0.6 is 0 Å². The Morgan fingerprint density at radius 2 is 1.83 bits per heavy atom. The number of likely N-dealkylation sites (N-methyl/N-ethyl adjacent to an activating group) is 1. The van der Waals surface area contributed by atoms with Gasteiger partial charge in [0, 0.05) is 50.0 Å². The highest BCUT2D eigenvalue weighted by atomic mass is 19.4. The van der Waals surface area contributed by atoms with Crippen LogP contribution in [0, 0.1) is 0 Å². The van der Waals surface area contributed by atoms with Crippen molar-refractivity contribution >= 4 is 11.6 Å². The molecule has 2 aromatic rings. The molecule has 0 saturated carbocycles. The molecule has 2 aromatic carbocycles. The third-order valence-electron chi connectivity index (χ3n) is 6.08. The Morgan fingerprint density at radius 3 is 2.50 bits per heavy atom. The molecular weight excluding hydrogens is 393 g/mol. The third-order valence-corrected chi connectivity index (χ3v) is 6.08. The number of carbonyl (C=O) groups is 1. The van der Waals surface area contributed by atoms with E-state index >= 15 is 0 Å². The Morgan fingerprint density at radius 1 is 1.13 bits per heavy atom. The molecule has 8 heteroatoms. The van der Waals surface area contributed by atoms with Gasteiger partial charge in [0.15, 0.2) is 0 Å². The molecule has 0 aliphatic carbocycles. The Bertz CT molecular complexity index is 938. The number of halogens is 3. The van der Waals surface area contributed by atoms with E-state index in [9.17, 15) is 18.0 Å². The van der Waals surface area contributed by atoms with Crippen LogP contribution in [0.2, 0.25) is 0 Å². The van der Waals surface area contributed by atoms with Gasteiger partial charge in [-0.1, -0.05) is 24.3 Å². The zero-order valence-corrected chi connectivity index (χ0v) is 16.7. The summed E-state index contributed by atoms with van der Waals surface area (Å²) in [6.07, 6.45) is -4.44. The number of nitrogens with zero attached hydrogens (tertiary/aromatic N) is 2. The van der Waals surface area contributed by atoms with E-state index in [0.717, 1.165) is 13.1 Å². The topological polar surface area (TPSA) is 61.6 Å². The number of anilines is 1. The number of piperazine rings is 1. The lowest BCUT2D eigenvalue weighted by Gasteiger charge is -2.37. The van der Waals surface area contributed by atoms with Crippen molar-refractivity contribution in [3.63, 3.8) is 0 Å². The van der Waals surface area contributed by atoms with Gasteiger partial charge in [-0.3, -0.25) is 4.79 Å². The first-order chi connectivity index (χ1) is 14.3. The van der Waals surface area contributed by atoms with E-state index in [1.807, 2.05) is 11.9 Å². The summed E-state index contributed by atoms with van der Waals surface area (Å²) in [7, 11) is 2.02. The summed E-state index contributed by atoms with van der Waals surface area (Å²) in [6.45, 7) is 3.27. The highest BCUT2D eigenvalue weighted by Gasteiger charge is 2.49. The quantitative estimate of drug-likeness (QED) is 0.801. The Balaban J connectivity index is 1.74. The predicted molar refractivity (Wildman–Crippen MR) is 109 cm³/mol. The van der Waals surface area contributed by atoms with Gasteiger partial charge in [0.1, 0.15) is 5.92 Å². The van der Waals surface area contributed by atoms with E-state index in [2.05, 4.69) is 10.2 Å². The minimum atomic E-state index is -4.44. The molecular formula is C22H25F3N4O. The van der Waals surface area contributed by atoms with Crippen molar-refractivity contribution in [2.45, 2.75) is 24.7 Å². The second kappa shape index (κ2) is 7.92. The number of hydrogen-bond donors (Lipinski definition) is 2. The van der Waals surface area contributed by atoms with Gasteiger partial charge in [-0.15, -0.1) is 0 Å². The SMILES string of the molecule is CN1CCN(c2ccccc2[C@H](C2NCc3cc(C(N)=O)ccc32)C(F)(F)F)CC1. The Hall–Kier alpha value is -2.58. The smallest absolute Gasteiger partial charge is 0.369 e. The number of amides is 1. The van der Waals surface area contributed by atoms with Crippen molar-refractivity contribution in [3.05, 3.63) is 64.7 Å². The average molecular weight is 418 g/mol. The molecule has 1 fully saturated rings. The van der Waals surface area contributed by atoms with Gasteiger partial charge in [-0.25, -0.2) is 0 Å². The van der Waals surface area contributed by atoms with Gasteiger partial charge in [0.25, 0.3) is 0 Å². The van der Waals surface area contributed by atoms with Crippen molar-refractivity contribution in [1.82, 2.24) is 10.2 Å². The highest BCUT2D eigenvalue weighted by Crippen LogP contribution is 2.49. The van der Waals surface area contributed by atoms with Crippen molar-refractivity contribution in [2.24, 2.45) is 5.73 Å². The number of hydrogen-bond acceptors (Lipinski definition) is 4. The third kappa shape index (κ3) is 3.89. The van der Waals surface area contributed by atoms with Crippen LogP contribution in [0.15, 0.2) is 42.5 Å². The molecule has 4 rings (SSSR count). The second-order valence-corrected chi connectivity index (χ2v) is 8.00. The number of benzene rings is 2. The Labute approximate surface area is 173 Å². The van der Waals surface area contributed by atoms with Crippen molar-refractivity contribution in [3.8, 4) is 0 Å². The van der Waals surface area contributed by atoms with E-state index in [0.29, 0.717) is 35.5 Å². The summed E-state index contributed by atoms with van der Waals surface area (Å²) in [5, 5.41) is 3.03. The zero-order valence-electron chi connectivity index (χ0n) is 16.7. The zero-order chi connectivity index (χ0) is 21.5. The number of nitrogens with two attached hydrogens (primary N) is 1. The fraction of sp³-hybridized carbons (Fsp3) is 0.409. The van der Waals surface area contributed by atoms with Gasteiger partial charge in [0.2, 0.25) is 5.91 Å². The van der Waals surface area contributed by atoms with Crippen molar-refractivity contribution < 1.29 is 18.0 Å². The molecule has 1 saturated heterocycles. The van der Waals surface area contributed by atoms with Crippen LogP contribution in [0.4, 0.5) is 18.9 Å². The minimum absolute atomic E-state index is 0.268. The highest BCUT2D eigenvalue weighted by molar-refractivity contribution is 5.93. The molecule has 0 radical (unpaired) electrons. The maximum absolute atomic E-state index is 14.4. The van der Waals surface area contributed by atoms with Crippen LogP contribution in [0.3, 0.4) is 0 Å². The van der Waals surface area contributed by atoms with Crippen LogP contribution in [0.5, 0.6) is 0 Å². The molecule has 0 bridgehead atoms. The predicted octanol–water partition coefficient (Wildman–Crippen LogP) is 3.03. The summed E-state index contributed by atoms with van der Waals surface area (Å²) in [4.78, 5) is 15.7. The number of para-hydroxylation sites is 1. The lowest BCUT2D eigenvalue weighted by molar-refractivity contribution is -0.157. The van der Waals surface area contributed by atoms with E-state index in [-0.39, 0.29) is 12.1 Å². The van der Waals surface area contributed by atoms with Gasteiger partial charge < -0.3 is 20.9 Å². The molecule has 30 heavy (non-hydrogen) atoms. The summed E-state index contributed by atoms with van der Waals surface area (Å²) in [5.74, 6) is -2.29. The molecule has 2 atom stereocenters. The molecule has 2 aliphatic rings. The monoisotopic (exact) mass is 418 g/mol. The molecule has 3 N–H and O–H groups in total. The average Bonchev–Trinajstić information content (AvgIpc) is 3.11. The van der Waals surface area contributed by atoms with E-state index in [4.69, 9.17) is 5.73 Å². The maximum Gasteiger partial charge on any atom is 0.397 e. The molecule has 0 aromatic heterocycles. The van der Waals surface area contributed by atoms with E-state index in [1.165, 1.54) is 6.07 Å². The van der Waals surface area contributed by atoms with Crippen molar-refractivity contribution in [1.29, 1.82) is 0 Å². The van der Waals surface area contributed by atoms with Gasteiger partial charge in [-0.2, -0.15) is 13.2 Å². The fourth-order valence-corrected chi connectivity index (χ4v) is 4.47. The molecule has 160 valence electrons. The molecule has 5 nitrogen and oxygen atoms in total. The molecule has 2 heterocycles. The lowest BCUT2D eigenvalue weighted by Crippen LogP contribution is -2.45. The first-order valence-corrected chi connectivity index (χ1v) is 10.0. The maximum atomic E-state index is 14.4. The van der Waals surface area contributed by atoms with Crippen LogP contribution in [-0.2, 0) is 6.54 Å². The summed E-state index contributed by atoms with van der Waals surface area (Å²) >= 11 is 0. The van der Waals surface area contributed by atoms with Crippen LogP contribution in [-0.4, -0.2) is 50.2 Å². The fourth-order valence-electron chi connectivity index (χ4n) is 4.47. The second-order valence-electron chi connectivity index (χ2n) is 8.00. The standard InChI is InChI=1S/C22H25F3N4O/c1-28-8-10-29(11-9-28)18-5-3-2-4-17(18)19(22(23,24)25)20-16-7-6-14(21(26)30)12-15(16)13-27-20/h2-7,12,19-20,27H,8-11,13H2,1H3,(H2,26,30)/t19-,20?/m1/s1. The number of carbonyl (C=O) groups excluding carboxylic acids is 1. The van der Waals surface area contributed by atoms with Crippen molar-refractivity contribution in [2.75, 3.05) is 38.1 Å². The largest absolute Gasteiger partial charge is 0.397 e. The minimum Gasteiger partial charge on any atom is -0.369 e. The lowest BCUT2D eigenvalue weighted by atomic mass is 9.85. The number of rotatable bonds is 4. The van der Waals surface area contributed by atoms with E-state index in [1.54, 1.807) is 36.4 Å². The normalized spacial score (nSPS) is 20.8. The van der Waals surface area contributed by atoms with Crippen LogP contribution < -0.4 is 16.0 Å². The van der Waals surface area contributed by atoms with Gasteiger partial charge >= 0.3 is 6.18 Å². The summed E-state index contributed by atoms with van der Waals surface area (Å²) in [5.41, 5.74) is 7.79. The van der Waals surface area contributed by atoms with Crippen LogP contribution in [0.25, 0.3) is 0 Å². The number of fused-ring (bicyclic) bond motifs is 1. The summed E-state index contributed by atoms with van der Waals surface area (Å²) < 4.78 is 43.3. The molecule has 2 aliphatic heterocycles. The van der Waals surface area contributed by atoms with Gasteiger partial charge in [-0.05, 0) is 41.9 Å². The van der Waals surface area contributed by atoms with Crippen LogP contribution in [0.1, 0.15) is 39.0 Å². The molecule has 1 amide bonds. The Kier molecular flexibility index (Phi) is 5.46. The first kappa shape index (κ1) is 20.7. The number of nitrogens with one attached hydrogen (secondary N) is 1. The van der Waals surface area contributed by atoms with E-state index < -0.39 is 24.0 Å². The number of alkyl halides is 3.